The van der Waals surface area contributed by atoms with Crippen molar-refractivity contribution in [2.24, 2.45) is 0 Å². The summed E-state index contributed by atoms with van der Waals surface area (Å²) in [6.45, 7) is 1.22. The Balaban J connectivity index is 1.48. The van der Waals surface area contributed by atoms with Crippen LogP contribution in [0.1, 0.15) is 40.2 Å². The van der Waals surface area contributed by atoms with E-state index < -0.39 is 15.7 Å². The summed E-state index contributed by atoms with van der Waals surface area (Å²) in [5.41, 5.74) is 1.53. The number of ether oxygens (including phenoxy) is 1. The minimum Gasteiger partial charge on any atom is -0.467 e. The molecule has 1 aliphatic heterocycles. The van der Waals surface area contributed by atoms with Crippen molar-refractivity contribution >= 4 is 15.7 Å². The molecule has 0 N–H and O–H groups in total. The zero-order valence-corrected chi connectivity index (χ0v) is 21.5. The van der Waals surface area contributed by atoms with Gasteiger partial charge in [0.2, 0.25) is 15.0 Å². The molecule has 0 bridgehead atoms. The number of aromatic nitrogens is 2. The molecule has 2 aromatic heterocycles. The van der Waals surface area contributed by atoms with Crippen LogP contribution in [0.2, 0.25) is 0 Å². The van der Waals surface area contributed by atoms with Gasteiger partial charge in [0.15, 0.2) is 0 Å². The molecule has 8 nitrogen and oxygen atoms in total. The maximum Gasteiger partial charge on any atom is 0.254 e. The summed E-state index contributed by atoms with van der Waals surface area (Å²) in [4.78, 5) is 19.4. The van der Waals surface area contributed by atoms with Crippen LogP contribution in [0.15, 0.2) is 88.8 Å². The van der Waals surface area contributed by atoms with Crippen molar-refractivity contribution in [1.82, 2.24) is 14.5 Å². The molecule has 2 aromatic carbocycles. The fourth-order valence-electron chi connectivity index (χ4n) is 4.57. The highest BCUT2D eigenvalue weighted by Crippen LogP contribution is 2.24. The van der Waals surface area contributed by atoms with Crippen molar-refractivity contribution in [3.63, 3.8) is 0 Å². The molecule has 1 unspecified atom stereocenters. The number of sulfone groups is 1. The molecule has 10 heteroatoms. The van der Waals surface area contributed by atoms with E-state index >= 15 is 0 Å². The normalized spacial score (nSPS) is 15.6. The summed E-state index contributed by atoms with van der Waals surface area (Å²) in [6.07, 6.45) is 4.57. The topological polar surface area (TPSA) is 94.6 Å². The van der Waals surface area contributed by atoms with Crippen LogP contribution in [-0.2, 0) is 40.0 Å². The van der Waals surface area contributed by atoms with Crippen molar-refractivity contribution in [2.75, 3.05) is 6.61 Å². The van der Waals surface area contributed by atoms with Crippen molar-refractivity contribution in [3.8, 4) is 0 Å². The maximum atomic E-state index is 13.5. The van der Waals surface area contributed by atoms with Crippen molar-refractivity contribution in [3.05, 3.63) is 108 Å². The standard InChI is InChI=1S/C28H28FN3O5S/c29-23-12-10-21(11-13-23)20-38(34,35)28-30-16-24(32(28)19-26-9-5-15-37-26)17-31(18-25-8-4-14-36-25)27(33)22-6-2-1-3-7-22/h1-4,6-8,10-14,16,26H,5,9,15,17-20H2. The second kappa shape index (κ2) is 11.3. The van der Waals surface area contributed by atoms with Crippen molar-refractivity contribution < 1.29 is 26.8 Å². The number of halogens is 1. The minimum atomic E-state index is -3.88. The number of carbonyl (C=O) groups is 1. The lowest BCUT2D eigenvalue weighted by molar-refractivity contribution is 0.0706. The number of benzene rings is 2. The van der Waals surface area contributed by atoms with Gasteiger partial charge in [-0.3, -0.25) is 4.79 Å². The lowest BCUT2D eigenvalue weighted by Gasteiger charge is -2.24. The van der Waals surface area contributed by atoms with Gasteiger partial charge < -0.3 is 18.6 Å². The van der Waals surface area contributed by atoms with E-state index in [0.29, 0.717) is 35.7 Å². The van der Waals surface area contributed by atoms with Crippen LogP contribution in [-0.4, -0.2) is 41.5 Å². The molecule has 0 radical (unpaired) electrons. The number of imidazole rings is 1. The Bertz CT molecular complexity index is 1460. The molecular weight excluding hydrogens is 509 g/mol. The zero-order chi connectivity index (χ0) is 26.5. The fourth-order valence-corrected chi connectivity index (χ4v) is 6.07. The third-order valence-corrected chi connectivity index (χ3v) is 8.04. The van der Waals surface area contributed by atoms with E-state index in [-0.39, 0.29) is 36.0 Å². The Hall–Kier alpha value is -3.76. The van der Waals surface area contributed by atoms with Crippen LogP contribution < -0.4 is 0 Å². The third kappa shape index (κ3) is 6.03. The molecule has 38 heavy (non-hydrogen) atoms. The zero-order valence-electron chi connectivity index (χ0n) is 20.7. The molecule has 198 valence electrons. The molecule has 1 aliphatic rings. The van der Waals surface area contributed by atoms with Gasteiger partial charge in [-0.15, -0.1) is 0 Å². The predicted molar refractivity (Wildman–Crippen MR) is 137 cm³/mol. The summed E-state index contributed by atoms with van der Waals surface area (Å²) in [5.74, 6) is -0.381. The molecule has 0 spiro atoms. The Morgan fingerprint density at radius 3 is 2.53 bits per heavy atom. The summed E-state index contributed by atoms with van der Waals surface area (Å²) >= 11 is 0. The number of amides is 1. The van der Waals surface area contributed by atoms with Crippen LogP contribution in [0.4, 0.5) is 4.39 Å². The SMILES string of the molecule is O=C(c1ccccc1)N(Cc1ccco1)Cc1cnc(S(=O)(=O)Cc2ccc(F)cc2)n1CC1CCCO1. The van der Waals surface area contributed by atoms with Crippen LogP contribution >= 0.6 is 0 Å². The average Bonchev–Trinajstić information content (AvgIpc) is 3.69. The maximum absolute atomic E-state index is 13.5. The van der Waals surface area contributed by atoms with Gasteiger partial charge in [-0.2, -0.15) is 0 Å². The second-order valence-electron chi connectivity index (χ2n) is 9.27. The Kier molecular flexibility index (Phi) is 7.71. The third-order valence-electron chi connectivity index (χ3n) is 6.45. The van der Waals surface area contributed by atoms with Gasteiger partial charge in [0, 0.05) is 12.2 Å². The quantitative estimate of drug-likeness (QED) is 0.293. The summed E-state index contributed by atoms with van der Waals surface area (Å²) in [6, 6.07) is 17.8. The van der Waals surface area contributed by atoms with E-state index in [1.54, 1.807) is 52.1 Å². The first-order chi connectivity index (χ1) is 18.4. The summed E-state index contributed by atoms with van der Waals surface area (Å²) in [7, 11) is -3.88. The van der Waals surface area contributed by atoms with Gasteiger partial charge in [0.25, 0.3) is 5.91 Å². The predicted octanol–water partition coefficient (Wildman–Crippen LogP) is 4.61. The number of furan rings is 1. The molecule has 1 atom stereocenters. The lowest BCUT2D eigenvalue weighted by atomic mass is 10.2. The molecule has 1 amide bonds. The minimum absolute atomic E-state index is 0.0996. The molecule has 0 saturated carbocycles. The van der Waals surface area contributed by atoms with Gasteiger partial charge in [0.05, 0.1) is 49.6 Å². The van der Waals surface area contributed by atoms with Gasteiger partial charge in [-0.25, -0.2) is 17.8 Å². The van der Waals surface area contributed by atoms with Crippen LogP contribution in [0.5, 0.6) is 0 Å². The molecule has 3 heterocycles. The molecular formula is C28H28FN3O5S. The molecule has 1 fully saturated rings. The average molecular weight is 538 g/mol. The van der Waals surface area contributed by atoms with Crippen LogP contribution in [0.25, 0.3) is 0 Å². The first-order valence-electron chi connectivity index (χ1n) is 12.4. The number of nitrogens with zero attached hydrogens (tertiary/aromatic N) is 3. The number of rotatable bonds is 10. The van der Waals surface area contributed by atoms with Crippen molar-refractivity contribution in [2.45, 2.75) is 49.5 Å². The second-order valence-corrected chi connectivity index (χ2v) is 11.2. The van der Waals surface area contributed by atoms with Crippen LogP contribution in [0.3, 0.4) is 0 Å². The lowest BCUT2D eigenvalue weighted by Crippen LogP contribution is -2.32. The Morgan fingerprint density at radius 2 is 1.84 bits per heavy atom. The van der Waals surface area contributed by atoms with E-state index in [1.165, 1.54) is 30.5 Å². The highest BCUT2D eigenvalue weighted by molar-refractivity contribution is 7.90. The largest absolute Gasteiger partial charge is 0.467 e. The first kappa shape index (κ1) is 25.9. The number of carbonyl (C=O) groups excluding carboxylic acids is 1. The molecule has 1 saturated heterocycles. The Morgan fingerprint density at radius 1 is 1.05 bits per heavy atom. The van der Waals surface area contributed by atoms with Gasteiger partial charge in [-0.1, -0.05) is 30.3 Å². The highest BCUT2D eigenvalue weighted by Gasteiger charge is 2.29. The van der Waals surface area contributed by atoms with E-state index in [4.69, 9.17) is 9.15 Å². The first-order valence-corrected chi connectivity index (χ1v) is 14.0. The van der Waals surface area contributed by atoms with E-state index in [1.807, 2.05) is 6.07 Å². The van der Waals surface area contributed by atoms with E-state index in [2.05, 4.69) is 4.98 Å². The van der Waals surface area contributed by atoms with Gasteiger partial charge in [-0.05, 0) is 54.8 Å². The highest BCUT2D eigenvalue weighted by atomic mass is 32.2. The van der Waals surface area contributed by atoms with Crippen molar-refractivity contribution in [1.29, 1.82) is 0 Å². The molecule has 0 aliphatic carbocycles. The number of hydrogen-bond donors (Lipinski definition) is 0. The summed E-state index contributed by atoms with van der Waals surface area (Å²) in [5, 5.41) is -0.0996. The molecule has 5 rings (SSSR count). The number of hydrogen-bond acceptors (Lipinski definition) is 6. The molecule has 4 aromatic rings. The Labute approximate surface area is 220 Å². The van der Waals surface area contributed by atoms with Gasteiger partial charge >= 0.3 is 0 Å². The van der Waals surface area contributed by atoms with E-state index in [0.717, 1.165) is 12.8 Å². The summed E-state index contributed by atoms with van der Waals surface area (Å²) < 4.78 is 53.3. The smallest absolute Gasteiger partial charge is 0.254 e. The fraction of sp³-hybridized carbons (Fsp3) is 0.286. The van der Waals surface area contributed by atoms with Gasteiger partial charge in [0.1, 0.15) is 11.6 Å². The van der Waals surface area contributed by atoms with E-state index in [9.17, 15) is 17.6 Å². The van der Waals surface area contributed by atoms with Crippen LogP contribution in [0, 0.1) is 5.82 Å². The monoisotopic (exact) mass is 537 g/mol.